The van der Waals surface area contributed by atoms with Gasteiger partial charge < -0.3 is 10.1 Å². The zero-order chi connectivity index (χ0) is 13.9. The Morgan fingerprint density at radius 1 is 1.05 bits per heavy atom. The first-order valence-electron chi connectivity index (χ1n) is 8.42. The van der Waals surface area contributed by atoms with Gasteiger partial charge in [0, 0.05) is 12.6 Å². The molecule has 0 aliphatic heterocycles. The van der Waals surface area contributed by atoms with Crippen LogP contribution in [0, 0.1) is 11.8 Å². The largest absolute Gasteiger partial charge is 0.370 e. The van der Waals surface area contributed by atoms with Gasteiger partial charge in [0.2, 0.25) is 0 Å². The number of nitrogens with one attached hydrogen (secondary N) is 1. The van der Waals surface area contributed by atoms with Crippen LogP contribution in [0.3, 0.4) is 0 Å². The van der Waals surface area contributed by atoms with Crippen LogP contribution < -0.4 is 5.32 Å². The van der Waals surface area contributed by atoms with Crippen molar-refractivity contribution in [3.8, 4) is 0 Å². The standard InChI is InChI=1S/C17H33NO/c1-13(2)15-8-10-17(11-9-15,12-18-14(3)4)19-16-6-5-7-16/h13-16,18H,5-12H2,1-4H3. The van der Waals surface area contributed by atoms with Crippen LogP contribution in [-0.2, 0) is 4.74 Å². The summed E-state index contributed by atoms with van der Waals surface area (Å²) in [6, 6.07) is 0.560. The molecule has 0 unspecified atom stereocenters. The topological polar surface area (TPSA) is 21.3 Å². The van der Waals surface area contributed by atoms with Gasteiger partial charge in [-0.2, -0.15) is 0 Å². The zero-order valence-corrected chi connectivity index (χ0v) is 13.4. The first-order valence-corrected chi connectivity index (χ1v) is 8.42. The monoisotopic (exact) mass is 267 g/mol. The van der Waals surface area contributed by atoms with Gasteiger partial charge in [0.1, 0.15) is 0 Å². The highest BCUT2D eigenvalue weighted by Gasteiger charge is 2.39. The molecule has 0 amide bonds. The average molecular weight is 267 g/mol. The third-order valence-electron chi connectivity index (χ3n) is 5.19. The van der Waals surface area contributed by atoms with E-state index in [9.17, 15) is 0 Å². The van der Waals surface area contributed by atoms with Gasteiger partial charge in [0.25, 0.3) is 0 Å². The molecule has 0 saturated heterocycles. The Labute approximate surface area is 119 Å². The Morgan fingerprint density at radius 3 is 2.11 bits per heavy atom. The molecule has 2 aliphatic rings. The van der Waals surface area contributed by atoms with Crippen LogP contribution in [0.4, 0.5) is 0 Å². The number of rotatable bonds is 6. The lowest BCUT2D eigenvalue weighted by Crippen LogP contribution is -2.50. The van der Waals surface area contributed by atoms with E-state index < -0.39 is 0 Å². The van der Waals surface area contributed by atoms with Crippen LogP contribution in [0.25, 0.3) is 0 Å². The molecule has 0 aromatic rings. The fraction of sp³-hybridized carbons (Fsp3) is 1.00. The second kappa shape index (κ2) is 6.58. The van der Waals surface area contributed by atoms with Gasteiger partial charge in [-0.3, -0.25) is 0 Å². The third kappa shape index (κ3) is 4.19. The predicted molar refractivity (Wildman–Crippen MR) is 81.4 cm³/mol. The van der Waals surface area contributed by atoms with Crippen molar-refractivity contribution in [3.05, 3.63) is 0 Å². The molecule has 2 saturated carbocycles. The van der Waals surface area contributed by atoms with E-state index in [4.69, 9.17) is 4.74 Å². The lowest BCUT2D eigenvalue weighted by molar-refractivity contribution is -0.143. The van der Waals surface area contributed by atoms with Gasteiger partial charge in [-0.15, -0.1) is 0 Å². The lowest BCUT2D eigenvalue weighted by Gasteiger charge is -2.45. The molecule has 0 radical (unpaired) electrons. The molecular formula is C17H33NO. The minimum atomic E-state index is 0.140. The molecule has 0 bridgehead atoms. The highest BCUT2D eigenvalue weighted by atomic mass is 16.5. The summed E-state index contributed by atoms with van der Waals surface area (Å²) in [5, 5.41) is 3.63. The minimum Gasteiger partial charge on any atom is -0.370 e. The first-order chi connectivity index (χ1) is 9.01. The molecule has 2 heteroatoms. The summed E-state index contributed by atoms with van der Waals surface area (Å²) in [5.41, 5.74) is 0.140. The quantitative estimate of drug-likeness (QED) is 0.781. The van der Waals surface area contributed by atoms with E-state index in [1.807, 2.05) is 0 Å². The van der Waals surface area contributed by atoms with E-state index in [0.717, 1.165) is 18.4 Å². The Kier molecular flexibility index (Phi) is 5.30. The van der Waals surface area contributed by atoms with Crippen molar-refractivity contribution < 1.29 is 4.74 Å². The first kappa shape index (κ1) is 15.3. The second-order valence-corrected chi connectivity index (χ2v) is 7.47. The average Bonchev–Trinajstić information content (AvgIpc) is 2.32. The summed E-state index contributed by atoms with van der Waals surface area (Å²) in [6.45, 7) is 10.3. The van der Waals surface area contributed by atoms with Crippen molar-refractivity contribution in [3.63, 3.8) is 0 Å². The van der Waals surface area contributed by atoms with Crippen LogP contribution in [-0.4, -0.2) is 24.3 Å². The smallest absolute Gasteiger partial charge is 0.0810 e. The Bertz CT molecular complexity index is 262. The van der Waals surface area contributed by atoms with E-state index >= 15 is 0 Å². The third-order valence-corrected chi connectivity index (χ3v) is 5.19. The van der Waals surface area contributed by atoms with Gasteiger partial charge in [0.05, 0.1) is 11.7 Å². The van der Waals surface area contributed by atoms with Gasteiger partial charge in [-0.25, -0.2) is 0 Å². The molecule has 112 valence electrons. The van der Waals surface area contributed by atoms with Gasteiger partial charge in [-0.05, 0) is 56.8 Å². The van der Waals surface area contributed by atoms with E-state index in [-0.39, 0.29) is 5.60 Å². The summed E-state index contributed by atoms with van der Waals surface area (Å²) in [6.07, 6.45) is 9.72. The van der Waals surface area contributed by atoms with Crippen molar-refractivity contribution in [2.24, 2.45) is 11.8 Å². The van der Waals surface area contributed by atoms with Crippen LogP contribution >= 0.6 is 0 Å². The second-order valence-electron chi connectivity index (χ2n) is 7.47. The maximum Gasteiger partial charge on any atom is 0.0810 e. The van der Waals surface area contributed by atoms with Gasteiger partial charge >= 0.3 is 0 Å². The molecule has 0 heterocycles. The van der Waals surface area contributed by atoms with E-state index in [0.29, 0.717) is 12.1 Å². The van der Waals surface area contributed by atoms with Crippen LogP contribution in [0.2, 0.25) is 0 Å². The number of hydrogen-bond acceptors (Lipinski definition) is 2. The Balaban J connectivity index is 1.90. The molecule has 19 heavy (non-hydrogen) atoms. The summed E-state index contributed by atoms with van der Waals surface area (Å²) in [5.74, 6) is 1.75. The summed E-state index contributed by atoms with van der Waals surface area (Å²) >= 11 is 0. The van der Waals surface area contributed by atoms with Crippen molar-refractivity contribution in [2.75, 3.05) is 6.54 Å². The summed E-state index contributed by atoms with van der Waals surface area (Å²) < 4.78 is 6.53. The van der Waals surface area contributed by atoms with E-state index in [1.54, 1.807) is 0 Å². The number of ether oxygens (including phenoxy) is 1. The van der Waals surface area contributed by atoms with Crippen LogP contribution in [0.5, 0.6) is 0 Å². The molecule has 2 nitrogen and oxygen atoms in total. The summed E-state index contributed by atoms with van der Waals surface area (Å²) in [7, 11) is 0. The highest BCUT2D eigenvalue weighted by Crippen LogP contribution is 2.40. The predicted octanol–water partition coefficient (Wildman–Crippen LogP) is 4.14. The molecule has 2 aliphatic carbocycles. The molecule has 0 aromatic heterocycles. The maximum absolute atomic E-state index is 6.53. The van der Waals surface area contributed by atoms with E-state index in [1.165, 1.54) is 44.9 Å². The minimum absolute atomic E-state index is 0.140. The van der Waals surface area contributed by atoms with Gasteiger partial charge in [0.15, 0.2) is 0 Å². The van der Waals surface area contributed by atoms with Gasteiger partial charge in [-0.1, -0.05) is 27.7 Å². The summed E-state index contributed by atoms with van der Waals surface area (Å²) in [4.78, 5) is 0. The molecule has 0 atom stereocenters. The van der Waals surface area contributed by atoms with Crippen LogP contribution in [0.1, 0.15) is 72.6 Å². The van der Waals surface area contributed by atoms with Crippen molar-refractivity contribution >= 4 is 0 Å². The van der Waals surface area contributed by atoms with Crippen LogP contribution in [0.15, 0.2) is 0 Å². The fourth-order valence-electron chi connectivity index (χ4n) is 3.40. The zero-order valence-electron chi connectivity index (χ0n) is 13.4. The lowest BCUT2D eigenvalue weighted by atomic mass is 9.74. The maximum atomic E-state index is 6.53. The molecule has 0 spiro atoms. The van der Waals surface area contributed by atoms with Crippen molar-refractivity contribution in [1.82, 2.24) is 5.32 Å². The molecule has 2 fully saturated rings. The van der Waals surface area contributed by atoms with Crippen molar-refractivity contribution in [2.45, 2.75) is 90.4 Å². The molecule has 2 rings (SSSR count). The molecule has 0 aromatic carbocycles. The highest BCUT2D eigenvalue weighted by molar-refractivity contribution is 4.92. The van der Waals surface area contributed by atoms with Crippen molar-refractivity contribution in [1.29, 1.82) is 0 Å². The Morgan fingerprint density at radius 2 is 1.68 bits per heavy atom. The Hall–Kier alpha value is -0.0800. The fourth-order valence-corrected chi connectivity index (χ4v) is 3.40. The normalized spacial score (nSPS) is 32.8. The molecular weight excluding hydrogens is 234 g/mol. The SMILES string of the molecule is CC(C)NCC1(OC2CCC2)CCC(C(C)C)CC1. The molecule has 1 N–H and O–H groups in total. The number of hydrogen-bond donors (Lipinski definition) is 1. The van der Waals surface area contributed by atoms with E-state index in [2.05, 4.69) is 33.0 Å².